The highest BCUT2D eigenvalue weighted by molar-refractivity contribution is 8.00. The Morgan fingerprint density at radius 1 is 1.42 bits per heavy atom. The lowest BCUT2D eigenvalue weighted by Gasteiger charge is -2.13. The molecule has 5 nitrogen and oxygen atoms in total. The molecule has 0 saturated heterocycles. The smallest absolute Gasteiger partial charge is 0.237 e. The first-order chi connectivity index (χ1) is 11.5. The van der Waals surface area contributed by atoms with E-state index in [1.807, 2.05) is 6.92 Å². The van der Waals surface area contributed by atoms with Crippen molar-refractivity contribution in [1.29, 1.82) is 0 Å². The van der Waals surface area contributed by atoms with Crippen LogP contribution in [0.25, 0.3) is 0 Å². The fraction of sp³-hybridized carbons (Fsp3) is 0.438. The van der Waals surface area contributed by atoms with Gasteiger partial charge in [0.25, 0.3) is 0 Å². The Balaban J connectivity index is 1.68. The number of hydrogen-bond acceptors (Lipinski definition) is 4. The van der Waals surface area contributed by atoms with Crippen molar-refractivity contribution < 1.29 is 4.79 Å². The predicted molar refractivity (Wildman–Crippen MR) is 98.1 cm³/mol. The SMILES string of the molecule is CCn1c(SC(C)C(=O)Nc2ccc(Cl)cc2Cl)nnc1C1CC1. The molecule has 3 rings (SSSR count). The summed E-state index contributed by atoms with van der Waals surface area (Å²) in [4.78, 5) is 12.4. The number of aromatic nitrogens is 3. The molecule has 0 aliphatic heterocycles. The van der Waals surface area contributed by atoms with Gasteiger partial charge in [-0.1, -0.05) is 35.0 Å². The number of carbonyl (C=O) groups excluding carboxylic acids is 1. The van der Waals surface area contributed by atoms with E-state index in [0.29, 0.717) is 21.7 Å². The number of amides is 1. The van der Waals surface area contributed by atoms with Crippen molar-refractivity contribution in [1.82, 2.24) is 14.8 Å². The molecule has 1 aliphatic carbocycles. The lowest BCUT2D eigenvalue weighted by molar-refractivity contribution is -0.115. The van der Waals surface area contributed by atoms with Crippen LogP contribution in [0.2, 0.25) is 10.0 Å². The third-order valence-corrected chi connectivity index (χ3v) is 5.47. The van der Waals surface area contributed by atoms with E-state index in [-0.39, 0.29) is 11.2 Å². The number of anilines is 1. The van der Waals surface area contributed by atoms with Crippen LogP contribution in [-0.4, -0.2) is 25.9 Å². The summed E-state index contributed by atoms with van der Waals surface area (Å²) >= 11 is 13.4. The molecular weight excluding hydrogens is 367 g/mol. The third-order valence-electron chi connectivity index (χ3n) is 3.84. The molecule has 1 unspecified atom stereocenters. The average Bonchev–Trinajstić information content (AvgIpc) is 3.31. The van der Waals surface area contributed by atoms with Gasteiger partial charge < -0.3 is 9.88 Å². The molecule has 1 saturated carbocycles. The fourth-order valence-electron chi connectivity index (χ4n) is 2.36. The van der Waals surface area contributed by atoms with E-state index >= 15 is 0 Å². The second-order valence-electron chi connectivity index (χ2n) is 5.73. The van der Waals surface area contributed by atoms with Gasteiger partial charge in [-0.25, -0.2) is 0 Å². The van der Waals surface area contributed by atoms with Crippen LogP contribution in [0.15, 0.2) is 23.4 Å². The van der Waals surface area contributed by atoms with E-state index in [1.165, 1.54) is 24.6 Å². The zero-order chi connectivity index (χ0) is 17.3. The monoisotopic (exact) mass is 384 g/mol. The van der Waals surface area contributed by atoms with E-state index < -0.39 is 0 Å². The van der Waals surface area contributed by atoms with E-state index in [4.69, 9.17) is 23.2 Å². The number of halogens is 2. The molecule has 1 atom stereocenters. The molecule has 1 fully saturated rings. The van der Waals surface area contributed by atoms with Crippen molar-refractivity contribution >= 4 is 46.6 Å². The predicted octanol–water partition coefficient (Wildman–Crippen LogP) is 4.60. The van der Waals surface area contributed by atoms with Crippen LogP contribution in [0, 0.1) is 0 Å². The Morgan fingerprint density at radius 2 is 2.17 bits per heavy atom. The van der Waals surface area contributed by atoms with Crippen LogP contribution in [0.1, 0.15) is 38.4 Å². The molecule has 1 aromatic carbocycles. The molecule has 1 N–H and O–H groups in total. The Morgan fingerprint density at radius 3 is 2.79 bits per heavy atom. The molecule has 1 aliphatic rings. The van der Waals surface area contributed by atoms with Gasteiger partial charge in [-0.05, 0) is 44.9 Å². The highest BCUT2D eigenvalue weighted by Crippen LogP contribution is 2.40. The summed E-state index contributed by atoms with van der Waals surface area (Å²) in [6.45, 7) is 4.71. The minimum Gasteiger partial charge on any atom is -0.324 e. The van der Waals surface area contributed by atoms with Crippen LogP contribution < -0.4 is 5.32 Å². The molecule has 1 amide bonds. The van der Waals surface area contributed by atoms with Gasteiger partial charge in [0.1, 0.15) is 5.82 Å². The summed E-state index contributed by atoms with van der Waals surface area (Å²) in [7, 11) is 0. The van der Waals surface area contributed by atoms with Gasteiger partial charge in [0.2, 0.25) is 5.91 Å². The first kappa shape index (κ1) is 17.6. The molecule has 0 radical (unpaired) electrons. The van der Waals surface area contributed by atoms with Crippen LogP contribution in [0.3, 0.4) is 0 Å². The number of nitrogens with one attached hydrogen (secondary N) is 1. The van der Waals surface area contributed by atoms with Crippen LogP contribution in [0.4, 0.5) is 5.69 Å². The molecule has 2 aromatic rings. The Labute approximate surface area is 155 Å². The fourth-order valence-corrected chi connectivity index (χ4v) is 3.74. The van der Waals surface area contributed by atoms with Crippen molar-refractivity contribution in [2.24, 2.45) is 0 Å². The van der Waals surface area contributed by atoms with E-state index in [1.54, 1.807) is 18.2 Å². The first-order valence-corrected chi connectivity index (χ1v) is 9.48. The molecule has 0 spiro atoms. The lowest BCUT2D eigenvalue weighted by Crippen LogP contribution is -2.23. The van der Waals surface area contributed by atoms with Gasteiger partial charge in [-0.15, -0.1) is 10.2 Å². The molecule has 1 aromatic heterocycles. The van der Waals surface area contributed by atoms with Crippen LogP contribution in [0.5, 0.6) is 0 Å². The normalized spacial score (nSPS) is 15.3. The van der Waals surface area contributed by atoms with E-state index in [9.17, 15) is 4.79 Å². The van der Waals surface area contributed by atoms with E-state index in [0.717, 1.165) is 17.5 Å². The Hall–Kier alpha value is -1.24. The lowest BCUT2D eigenvalue weighted by atomic mass is 10.3. The van der Waals surface area contributed by atoms with E-state index in [2.05, 4.69) is 27.0 Å². The summed E-state index contributed by atoms with van der Waals surface area (Å²) in [6, 6.07) is 4.99. The number of hydrogen-bond donors (Lipinski definition) is 1. The van der Waals surface area contributed by atoms with Crippen molar-refractivity contribution in [2.75, 3.05) is 5.32 Å². The zero-order valence-electron chi connectivity index (χ0n) is 13.4. The standard InChI is InChI=1S/C16H18Cl2N4OS/c1-3-22-14(10-4-5-10)20-21-16(22)24-9(2)15(23)19-13-7-6-11(17)8-12(13)18/h6-10H,3-5H2,1-2H3,(H,19,23). The Kier molecular flexibility index (Phi) is 5.37. The van der Waals surface area contributed by atoms with Crippen molar-refractivity contribution in [3.63, 3.8) is 0 Å². The minimum atomic E-state index is -0.321. The van der Waals surface area contributed by atoms with Crippen LogP contribution >= 0.6 is 35.0 Å². The maximum atomic E-state index is 12.4. The van der Waals surface area contributed by atoms with Gasteiger partial charge in [0, 0.05) is 17.5 Å². The molecule has 24 heavy (non-hydrogen) atoms. The summed E-state index contributed by atoms with van der Waals surface area (Å²) in [5.74, 6) is 1.43. The number of rotatable bonds is 6. The molecule has 128 valence electrons. The maximum Gasteiger partial charge on any atom is 0.237 e. The largest absolute Gasteiger partial charge is 0.324 e. The second kappa shape index (κ2) is 7.33. The van der Waals surface area contributed by atoms with Crippen molar-refractivity contribution in [2.45, 2.75) is 49.6 Å². The Bertz CT molecular complexity index is 761. The maximum absolute atomic E-state index is 12.4. The van der Waals surface area contributed by atoms with Gasteiger partial charge in [-0.3, -0.25) is 4.79 Å². The topological polar surface area (TPSA) is 59.8 Å². The highest BCUT2D eigenvalue weighted by Gasteiger charge is 2.30. The molecule has 1 heterocycles. The minimum absolute atomic E-state index is 0.136. The second-order valence-corrected chi connectivity index (χ2v) is 7.88. The van der Waals surface area contributed by atoms with Crippen LogP contribution in [-0.2, 0) is 11.3 Å². The van der Waals surface area contributed by atoms with Gasteiger partial charge in [0.05, 0.1) is 16.0 Å². The van der Waals surface area contributed by atoms with Gasteiger partial charge in [0.15, 0.2) is 5.16 Å². The molecule has 8 heteroatoms. The summed E-state index contributed by atoms with van der Waals surface area (Å²) in [5.41, 5.74) is 0.550. The summed E-state index contributed by atoms with van der Waals surface area (Å²) < 4.78 is 2.10. The highest BCUT2D eigenvalue weighted by atomic mass is 35.5. The third kappa shape index (κ3) is 3.87. The number of benzene rings is 1. The van der Waals surface area contributed by atoms with Gasteiger partial charge in [-0.2, -0.15) is 0 Å². The van der Waals surface area contributed by atoms with Crippen molar-refractivity contribution in [3.8, 4) is 0 Å². The van der Waals surface area contributed by atoms with Gasteiger partial charge >= 0.3 is 0 Å². The average molecular weight is 385 g/mol. The molecule has 0 bridgehead atoms. The number of carbonyl (C=O) groups is 1. The quantitative estimate of drug-likeness (QED) is 0.739. The van der Waals surface area contributed by atoms with Crippen molar-refractivity contribution in [3.05, 3.63) is 34.1 Å². The summed E-state index contributed by atoms with van der Waals surface area (Å²) in [5, 5.41) is 12.8. The first-order valence-electron chi connectivity index (χ1n) is 7.85. The summed E-state index contributed by atoms with van der Waals surface area (Å²) in [6.07, 6.45) is 2.35. The number of thioether (sulfide) groups is 1. The number of nitrogens with zero attached hydrogens (tertiary/aromatic N) is 3. The molecular formula is C16H18Cl2N4OS. The zero-order valence-corrected chi connectivity index (χ0v) is 15.8.